The van der Waals surface area contributed by atoms with E-state index < -0.39 is 0 Å². The molecule has 1 nitrogen and oxygen atoms in total. The summed E-state index contributed by atoms with van der Waals surface area (Å²) in [6.07, 6.45) is 3.44. The van der Waals surface area contributed by atoms with E-state index in [9.17, 15) is 5.11 Å². The molecule has 16 heavy (non-hydrogen) atoms. The fourth-order valence-electron chi connectivity index (χ4n) is 3.06. The van der Waals surface area contributed by atoms with E-state index >= 15 is 0 Å². The van der Waals surface area contributed by atoms with Crippen LogP contribution in [0.25, 0.3) is 0 Å². The van der Waals surface area contributed by atoms with E-state index in [2.05, 4.69) is 44.2 Å². The van der Waals surface area contributed by atoms with E-state index in [1.807, 2.05) is 0 Å². The summed E-state index contributed by atoms with van der Waals surface area (Å²) >= 11 is 0. The van der Waals surface area contributed by atoms with Crippen LogP contribution >= 0.6 is 0 Å². The van der Waals surface area contributed by atoms with Crippen molar-refractivity contribution in [3.8, 4) is 0 Å². The first kappa shape index (κ1) is 11.7. The minimum atomic E-state index is 0.167. The maximum Gasteiger partial charge on any atom is 0.0490 e. The van der Waals surface area contributed by atoms with Crippen LogP contribution < -0.4 is 0 Å². The summed E-state index contributed by atoms with van der Waals surface area (Å²) in [5.74, 6) is 1.38. The highest BCUT2D eigenvalue weighted by molar-refractivity contribution is 5.27. The molecule has 0 bridgehead atoms. The van der Waals surface area contributed by atoms with Crippen LogP contribution in [0.5, 0.6) is 0 Å². The molecule has 1 aliphatic rings. The lowest BCUT2D eigenvalue weighted by Crippen LogP contribution is -2.27. The number of rotatable bonds is 5. The minimum absolute atomic E-state index is 0.167. The van der Waals surface area contributed by atoms with Gasteiger partial charge in [0, 0.05) is 6.61 Å². The van der Waals surface area contributed by atoms with Gasteiger partial charge < -0.3 is 5.11 Å². The molecule has 0 spiro atoms. The standard InChI is InChI=1S/C15H22O/c1-3-15(4-2,11-16)14-10-13(14)12-8-6-5-7-9-12/h5-9,13-14,16H,3-4,10-11H2,1-2H3. The second-order valence-corrected chi connectivity index (χ2v) is 5.09. The first-order valence-electron chi connectivity index (χ1n) is 6.43. The van der Waals surface area contributed by atoms with Crippen molar-refractivity contribution in [2.24, 2.45) is 11.3 Å². The number of aliphatic hydroxyl groups excluding tert-OH is 1. The van der Waals surface area contributed by atoms with Gasteiger partial charge in [0.25, 0.3) is 0 Å². The summed E-state index contributed by atoms with van der Waals surface area (Å²) in [5.41, 5.74) is 1.62. The Hall–Kier alpha value is -0.820. The highest BCUT2D eigenvalue weighted by Crippen LogP contribution is 2.59. The Balaban J connectivity index is 2.11. The molecule has 1 aliphatic carbocycles. The monoisotopic (exact) mass is 218 g/mol. The van der Waals surface area contributed by atoms with E-state index in [4.69, 9.17) is 0 Å². The predicted octanol–water partition coefficient (Wildman–Crippen LogP) is 3.59. The second kappa shape index (κ2) is 4.58. The number of benzene rings is 1. The Labute approximate surface area is 98.5 Å². The van der Waals surface area contributed by atoms with Gasteiger partial charge >= 0.3 is 0 Å². The van der Waals surface area contributed by atoms with Crippen LogP contribution in [-0.4, -0.2) is 11.7 Å². The molecule has 0 radical (unpaired) electrons. The number of aliphatic hydroxyl groups is 1. The van der Waals surface area contributed by atoms with Crippen molar-refractivity contribution >= 4 is 0 Å². The Morgan fingerprint density at radius 1 is 1.19 bits per heavy atom. The fourth-order valence-corrected chi connectivity index (χ4v) is 3.06. The van der Waals surface area contributed by atoms with Crippen LogP contribution in [0.1, 0.15) is 44.6 Å². The van der Waals surface area contributed by atoms with Crippen LogP contribution in [0.3, 0.4) is 0 Å². The molecule has 88 valence electrons. The average Bonchev–Trinajstić information content (AvgIpc) is 3.14. The van der Waals surface area contributed by atoms with Crippen LogP contribution in [-0.2, 0) is 0 Å². The van der Waals surface area contributed by atoms with Gasteiger partial charge in [0.05, 0.1) is 0 Å². The Morgan fingerprint density at radius 2 is 1.81 bits per heavy atom. The third-order valence-electron chi connectivity index (χ3n) is 4.53. The molecule has 1 N–H and O–H groups in total. The van der Waals surface area contributed by atoms with Crippen molar-refractivity contribution in [1.82, 2.24) is 0 Å². The zero-order valence-corrected chi connectivity index (χ0v) is 10.3. The van der Waals surface area contributed by atoms with Crippen LogP contribution in [0.2, 0.25) is 0 Å². The molecule has 2 unspecified atom stereocenters. The molecule has 1 aromatic carbocycles. The van der Waals surface area contributed by atoms with Crippen molar-refractivity contribution in [3.05, 3.63) is 35.9 Å². The van der Waals surface area contributed by atoms with Crippen molar-refractivity contribution in [2.45, 2.75) is 39.0 Å². The second-order valence-electron chi connectivity index (χ2n) is 5.09. The Kier molecular flexibility index (Phi) is 3.34. The summed E-state index contributed by atoms with van der Waals surface area (Å²) < 4.78 is 0. The van der Waals surface area contributed by atoms with Gasteiger partial charge in [-0.25, -0.2) is 0 Å². The molecule has 0 aromatic heterocycles. The fraction of sp³-hybridized carbons (Fsp3) is 0.600. The molecule has 1 saturated carbocycles. The summed E-state index contributed by atoms with van der Waals surface area (Å²) in [7, 11) is 0. The SMILES string of the molecule is CCC(CC)(CO)C1CC1c1ccccc1. The van der Waals surface area contributed by atoms with Gasteiger partial charge in [-0.2, -0.15) is 0 Å². The Morgan fingerprint density at radius 3 is 2.31 bits per heavy atom. The minimum Gasteiger partial charge on any atom is -0.396 e. The van der Waals surface area contributed by atoms with Crippen molar-refractivity contribution < 1.29 is 5.11 Å². The molecule has 1 fully saturated rings. The normalized spacial score (nSPS) is 24.4. The van der Waals surface area contributed by atoms with Crippen LogP contribution in [0.4, 0.5) is 0 Å². The van der Waals surface area contributed by atoms with Crippen molar-refractivity contribution in [3.63, 3.8) is 0 Å². The summed E-state index contributed by atoms with van der Waals surface area (Å²) in [6, 6.07) is 10.7. The molecule has 2 atom stereocenters. The summed E-state index contributed by atoms with van der Waals surface area (Å²) in [5, 5.41) is 9.65. The maximum absolute atomic E-state index is 9.65. The van der Waals surface area contributed by atoms with E-state index in [1.54, 1.807) is 0 Å². The van der Waals surface area contributed by atoms with Crippen LogP contribution in [0.15, 0.2) is 30.3 Å². The lowest BCUT2D eigenvalue weighted by atomic mass is 9.77. The van der Waals surface area contributed by atoms with E-state index in [1.165, 1.54) is 12.0 Å². The lowest BCUT2D eigenvalue weighted by molar-refractivity contribution is 0.0898. The third-order valence-corrected chi connectivity index (χ3v) is 4.53. The number of hydrogen-bond acceptors (Lipinski definition) is 1. The average molecular weight is 218 g/mol. The molecule has 0 heterocycles. The van der Waals surface area contributed by atoms with Gasteiger partial charge in [-0.05, 0) is 42.1 Å². The smallest absolute Gasteiger partial charge is 0.0490 e. The van der Waals surface area contributed by atoms with Crippen LogP contribution in [0, 0.1) is 11.3 Å². The summed E-state index contributed by atoms with van der Waals surface area (Å²) in [6.45, 7) is 4.76. The first-order chi connectivity index (χ1) is 7.77. The molecule has 0 saturated heterocycles. The molecular weight excluding hydrogens is 196 g/mol. The molecular formula is C15H22O. The summed E-state index contributed by atoms with van der Waals surface area (Å²) in [4.78, 5) is 0. The van der Waals surface area contributed by atoms with Gasteiger partial charge in [-0.1, -0.05) is 44.2 Å². The highest BCUT2D eigenvalue weighted by atomic mass is 16.3. The van der Waals surface area contributed by atoms with Gasteiger partial charge in [-0.15, -0.1) is 0 Å². The highest BCUT2D eigenvalue weighted by Gasteiger charge is 2.50. The van der Waals surface area contributed by atoms with E-state index in [-0.39, 0.29) is 5.41 Å². The Bertz CT molecular complexity index is 318. The molecule has 0 amide bonds. The van der Waals surface area contributed by atoms with Crippen molar-refractivity contribution in [1.29, 1.82) is 0 Å². The van der Waals surface area contributed by atoms with Gasteiger partial charge in [-0.3, -0.25) is 0 Å². The molecule has 0 aliphatic heterocycles. The topological polar surface area (TPSA) is 20.2 Å². The quantitative estimate of drug-likeness (QED) is 0.800. The largest absolute Gasteiger partial charge is 0.396 e. The molecule has 1 heteroatoms. The lowest BCUT2D eigenvalue weighted by Gasteiger charge is -2.30. The molecule has 2 rings (SSSR count). The van der Waals surface area contributed by atoms with Gasteiger partial charge in [0.2, 0.25) is 0 Å². The third kappa shape index (κ3) is 1.89. The van der Waals surface area contributed by atoms with E-state index in [0.29, 0.717) is 18.4 Å². The zero-order valence-electron chi connectivity index (χ0n) is 10.3. The van der Waals surface area contributed by atoms with E-state index in [0.717, 1.165) is 12.8 Å². The van der Waals surface area contributed by atoms with Gasteiger partial charge in [0.15, 0.2) is 0 Å². The first-order valence-corrected chi connectivity index (χ1v) is 6.43. The predicted molar refractivity (Wildman–Crippen MR) is 67.4 cm³/mol. The molecule has 1 aromatic rings. The maximum atomic E-state index is 9.65. The van der Waals surface area contributed by atoms with Crippen molar-refractivity contribution in [2.75, 3.05) is 6.61 Å². The zero-order chi connectivity index (χ0) is 11.6. The van der Waals surface area contributed by atoms with Gasteiger partial charge in [0.1, 0.15) is 0 Å². The number of hydrogen-bond donors (Lipinski definition) is 1.